The van der Waals surface area contributed by atoms with Crippen molar-refractivity contribution in [3.8, 4) is 0 Å². The van der Waals surface area contributed by atoms with Crippen LogP contribution in [0.1, 0.15) is 25.7 Å². The summed E-state index contributed by atoms with van der Waals surface area (Å²) >= 11 is 1.49. The van der Waals surface area contributed by atoms with Crippen LogP contribution in [0.3, 0.4) is 0 Å². The molecule has 2 rings (SSSR count). The van der Waals surface area contributed by atoms with E-state index in [2.05, 4.69) is 5.32 Å². The standard InChI is InChI=1S/C9H16N2OS/c10-4-3-6-1-2-7-8(5-6)13-9(12)11-7/h6-8H,1-5,10H2,(H,11,12). The lowest BCUT2D eigenvalue weighted by molar-refractivity contribution is 0.253. The third-order valence-corrected chi connectivity index (χ3v) is 4.19. The molecule has 3 nitrogen and oxygen atoms in total. The minimum atomic E-state index is 0.170. The number of hydrogen-bond donors (Lipinski definition) is 2. The zero-order valence-electron chi connectivity index (χ0n) is 7.66. The predicted molar refractivity (Wildman–Crippen MR) is 54.7 cm³/mol. The summed E-state index contributed by atoms with van der Waals surface area (Å²) in [6.07, 6.45) is 4.68. The van der Waals surface area contributed by atoms with Crippen molar-refractivity contribution in [3.05, 3.63) is 0 Å². The van der Waals surface area contributed by atoms with Gasteiger partial charge in [0.05, 0.1) is 0 Å². The molecule has 0 aromatic heterocycles. The molecule has 74 valence electrons. The summed E-state index contributed by atoms with van der Waals surface area (Å²) in [7, 11) is 0. The van der Waals surface area contributed by atoms with E-state index in [9.17, 15) is 4.79 Å². The lowest BCUT2D eigenvalue weighted by Crippen LogP contribution is -2.36. The number of carbonyl (C=O) groups excluding carboxylic acids is 1. The molecule has 13 heavy (non-hydrogen) atoms. The topological polar surface area (TPSA) is 55.1 Å². The van der Waals surface area contributed by atoms with E-state index in [0.717, 1.165) is 25.3 Å². The molecule has 3 N–H and O–H groups in total. The van der Waals surface area contributed by atoms with Crippen LogP contribution in [0.5, 0.6) is 0 Å². The van der Waals surface area contributed by atoms with Crippen molar-refractivity contribution >= 4 is 17.0 Å². The van der Waals surface area contributed by atoms with Crippen molar-refractivity contribution in [2.75, 3.05) is 6.54 Å². The maximum Gasteiger partial charge on any atom is 0.279 e. The minimum Gasteiger partial charge on any atom is -0.343 e. The molecule has 1 aliphatic carbocycles. The molecular weight excluding hydrogens is 184 g/mol. The zero-order chi connectivity index (χ0) is 9.26. The second-order valence-electron chi connectivity index (χ2n) is 3.95. The fraction of sp³-hybridized carbons (Fsp3) is 0.889. The summed E-state index contributed by atoms with van der Waals surface area (Å²) in [6, 6.07) is 0.450. The Balaban J connectivity index is 1.89. The Bertz CT molecular complexity index is 210. The van der Waals surface area contributed by atoms with Gasteiger partial charge in [-0.15, -0.1) is 0 Å². The molecule has 0 spiro atoms. The van der Waals surface area contributed by atoms with Gasteiger partial charge in [0.2, 0.25) is 0 Å². The number of nitrogens with two attached hydrogens (primary N) is 1. The van der Waals surface area contributed by atoms with Crippen LogP contribution >= 0.6 is 11.8 Å². The molecule has 1 aliphatic heterocycles. The van der Waals surface area contributed by atoms with E-state index in [4.69, 9.17) is 5.73 Å². The number of rotatable bonds is 2. The molecular formula is C9H16N2OS. The van der Waals surface area contributed by atoms with E-state index in [1.165, 1.54) is 24.6 Å². The van der Waals surface area contributed by atoms with Gasteiger partial charge in [-0.1, -0.05) is 11.8 Å². The quantitative estimate of drug-likeness (QED) is 0.707. The van der Waals surface area contributed by atoms with Crippen LogP contribution < -0.4 is 11.1 Å². The van der Waals surface area contributed by atoms with Crippen LogP contribution in [-0.4, -0.2) is 23.1 Å². The predicted octanol–water partition coefficient (Wildman–Crippen LogP) is 1.33. The van der Waals surface area contributed by atoms with Crippen molar-refractivity contribution in [2.24, 2.45) is 11.7 Å². The Kier molecular flexibility index (Phi) is 2.79. The highest BCUT2D eigenvalue weighted by atomic mass is 32.2. The molecule has 2 aliphatic rings. The Morgan fingerprint density at radius 3 is 3.15 bits per heavy atom. The lowest BCUT2D eigenvalue weighted by Gasteiger charge is -2.29. The van der Waals surface area contributed by atoms with E-state index >= 15 is 0 Å². The van der Waals surface area contributed by atoms with Gasteiger partial charge in [-0.2, -0.15) is 0 Å². The van der Waals surface area contributed by atoms with Crippen LogP contribution in [0.25, 0.3) is 0 Å². The molecule has 1 amide bonds. The van der Waals surface area contributed by atoms with E-state index < -0.39 is 0 Å². The average Bonchev–Trinajstić information content (AvgIpc) is 2.44. The molecule has 3 atom stereocenters. The van der Waals surface area contributed by atoms with Crippen LogP contribution in [-0.2, 0) is 0 Å². The Morgan fingerprint density at radius 2 is 2.38 bits per heavy atom. The van der Waals surface area contributed by atoms with Gasteiger partial charge >= 0.3 is 0 Å². The average molecular weight is 200 g/mol. The molecule has 0 radical (unpaired) electrons. The van der Waals surface area contributed by atoms with Crippen LogP contribution in [0.4, 0.5) is 4.79 Å². The summed E-state index contributed by atoms with van der Waals surface area (Å²) < 4.78 is 0. The van der Waals surface area contributed by atoms with Crippen LogP contribution in [0.15, 0.2) is 0 Å². The van der Waals surface area contributed by atoms with Gasteiger partial charge in [-0.3, -0.25) is 4.79 Å². The molecule has 1 heterocycles. The maximum atomic E-state index is 11.1. The second kappa shape index (κ2) is 3.88. The number of fused-ring (bicyclic) bond motifs is 1. The SMILES string of the molecule is NCCC1CCC2NC(=O)SC2C1. The van der Waals surface area contributed by atoms with E-state index in [-0.39, 0.29) is 5.24 Å². The van der Waals surface area contributed by atoms with Crippen molar-refractivity contribution in [1.29, 1.82) is 0 Å². The van der Waals surface area contributed by atoms with Gasteiger partial charge in [0, 0.05) is 11.3 Å². The zero-order valence-corrected chi connectivity index (χ0v) is 8.48. The third kappa shape index (κ3) is 1.99. The van der Waals surface area contributed by atoms with Crippen molar-refractivity contribution in [3.63, 3.8) is 0 Å². The smallest absolute Gasteiger partial charge is 0.279 e. The first kappa shape index (κ1) is 9.34. The van der Waals surface area contributed by atoms with Crippen LogP contribution in [0, 0.1) is 5.92 Å². The molecule has 2 fully saturated rings. The Morgan fingerprint density at radius 1 is 1.54 bits per heavy atom. The van der Waals surface area contributed by atoms with Gasteiger partial charge in [-0.05, 0) is 38.1 Å². The van der Waals surface area contributed by atoms with Gasteiger partial charge in [0.1, 0.15) is 0 Å². The fourth-order valence-electron chi connectivity index (χ4n) is 2.33. The highest BCUT2D eigenvalue weighted by Gasteiger charge is 2.37. The summed E-state index contributed by atoms with van der Waals surface area (Å²) in [5.41, 5.74) is 5.53. The largest absolute Gasteiger partial charge is 0.343 e. The molecule has 1 saturated heterocycles. The maximum absolute atomic E-state index is 11.1. The summed E-state index contributed by atoms with van der Waals surface area (Å²) in [5, 5.41) is 3.71. The summed E-state index contributed by atoms with van der Waals surface area (Å²) in [4.78, 5) is 11.1. The Labute approximate surface area is 82.8 Å². The first-order valence-corrected chi connectivity index (χ1v) is 5.85. The number of hydrogen-bond acceptors (Lipinski definition) is 3. The normalized spacial score (nSPS) is 38.5. The number of carbonyl (C=O) groups is 1. The lowest BCUT2D eigenvalue weighted by atomic mass is 9.84. The monoisotopic (exact) mass is 200 g/mol. The van der Waals surface area contributed by atoms with Gasteiger partial charge < -0.3 is 11.1 Å². The molecule has 0 aromatic carbocycles. The first-order valence-electron chi connectivity index (χ1n) is 4.97. The molecule has 0 aromatic rings. The van der Waals surface area contributed by atoms with E-state index in [0.29, 0.717) is 11.3 Å². The van der Waals surface area contributed by atoms with Crippen molar-refractivity contribution < 1.29 is 4.79 Å². The molecule has 4 heteroatoms. The molecule has 1 saturated carbocycles. The second-order valence-corrected chi connectivity index (χ2v) is 5.16. The molecule has 0 bridgehead atoms. The van der Waals surface area contributed by atoms with Crippen LogP contribution in [0.2, 0.25) is 0 Å². The fourth-order valence-corrected chi connectivity index (χ4v) is 3.56. The van der Waals surface area contributed by atoms with Gasteiger partial charge in [-0.25, -0.2) is 0 Å². The van der Waals surface area contributed by atoms with E-state index in [1.54, 1.807) is 0 Å². The highest BCUT2D eigenvalue weighted by Crippen LogP contribution is 2.37. The minimum absolute atomic E-state index is 0.170. The number of nitrogens with one attached hydrogen (secondary N) is 1. The van der Waals surface area contributed by atoms with Crippen molar-refractivity contribution in [2.45, 2.75) is 37.0 Å². The highest BCUT2D eigenvalue weighted by molar-refractivity contribution is 8.14. The number of amides is 1. The first-order chi connectivity index (χ1) is 6.29. The summed E-state index contributed by atoms with van der Waals surface area (Å²) in [5.74, 6) is 0.756. The van der Waals surface area contributed by atoms with Crippen molar-refractivity contribution in [1.82, 2.24) is 5.32 Å². The van der Waals surface area contributed by atoms with Gasteiger partial charge in [0.25, 0.3) is 5.24 Å². The third-order valence-electron chi connectivity index (χ3n) is 3.04. The van der Waals surface area contributed by atoms with E-state index in [1.807, 2.05) is 0 Å². The summed E-state index contributed by atoms with van der Waals surface area (Å²) in [6.45, 7) is 0.786. The molecule has 3 unspecified atom stereocenters. The number of thioether (sulfide) groups is 1. The van der Waals surface area contributed by atoms with Gasteiger partial charge in [0.15, 0.2) is 0 Å². The Hall–Kier alpha value is -0.220.